The standard InChI is InChI=1S/C22H22FN5/c1-13(2)22-17-10-15(5-6-19(17)27-28(22)4)16-11-21(25-12-18(16)23)26-20-9-14(3)7-8-24-20/h5-13H,1-4H3,(H,24,25,26). The minimum atomic E-state index is -0.364. The number of pyridine rings is 2. The molecule has 0 aliphatic carbocycles. The second-order valence-corrected chi connectivity index (χ2v) is 7.29. The number of nitrogens with zero attached hydrogens (tertiary/aromatic N) is 4. The summed E-state index contributed by atoms with van der Waals surface area (Å²) in [5, 5.41) is 8.75. The maximum Gasteiger partial charge on any atom is 0.149 e. The lowest BCUT2D eigenvalue weighted by molar-refractivity contribution is 0.625. The van der Waals surface area contributed by atoms with Crippen molar-refractivity contribution in [2.24, 2.45) is 7.05 Å². The summed E-state index contributed by atoms with van der Waals surface area (Å²) < 4.78 is 16.5. The van der Waals surface area contributed by atoms with Crippen LogP contribution >= 0.6 is 0 Å². The molecule has 0 fully saturated rings. The number of aromatic nitrogens is 4. The smallest absolute Gasteiger partial charge is 0.149 e. The number of aryl methyl sites for hydroxylation is 2. The van der Waals surface area contributed by atoms with Crippen LogP contribution in [0.3, 0.4) is 0 Å². The van der Waals surface area contributed by atoms with Crippen molar-refractivity contribution in [1.82, 2.24) is 19.7 Å². The van der Waals surface area contributed by atoms with Gasteiger partial charge in [0.1, 0.15) is 17.5 Å². The summed E-state index contributed by atoms with van der Waals surface area (Å²) in [4.78, 5) is 8.44. The molecule has 0 spiro atoms. The van der Waals surface area contributed by atoms with Crippen molar-refractivity contribution in [3.63, 3.8) is 0 Å². The highest BCUT2D eigenvalue weighted by atomic mass is 19.1. The Hall–Kier alpha value is -3.28. The number of nitrogens with one attached hydrogen (secondary N) is 1. The van der Waals surface area contributed by atoms with E-state index < -0.39 is 0 Å². The van der Waals surface area contributed by atoms with Gasteiger partial charge in [-0.25, -0.2) is 14.4 Å². The molecule has 28 heavy (non-hydrogen) atoms. The second-order valence-electron chi connectivity index (χ2n) is 7.29. The first-order valence-corrected chi connectivity index (χ1v) is 9.24. The van der Waals surface area contributed by atoms with Crippen LogP contribution in [0.4, 0.5) is 16.0 Å². The van der Waals surface area contributed by atoms with E-state index >= 15 is 0 Å². The molecular formula is C22H22FN5. The Morgan fingerprint density at radius 2 is 1.82 bits per heavy atom. The number of hydrogen-bond acceptors (Lipinski definition) is 4. The molecule has 0 saturated carbocycles. The molecule has 6 heteroatoms. The summed E-state index contributed by atoms with van der Waals surface area (Å²) in [6.45, 7) is 6.26. The van der Waals surface area contributed by atoms with Crippen molar-refractivity contribution in [2.45, 2.75) is 26.7 Å². The molecule has 0 saturated heterocycles. The fourth-order valence-corrected chi connectivity index (χ4v) is 3.53. The van der Waals surface area contributed by atoms with Crippen LogP contribution in [0.25, 0.3) is 22.0 Å². The molecule has 3 aromatic heterocycles. The van der Waals surface area contributed by atoms with E-state index in [1.807, 2.05) is 49.0 Å². The van der Waals surface area contributed by atoms with E-state index in [1.54, 1.807) is 12.3 Å². The summed E-state index contributed by atoms with van der Waals surface area (Å²) >= 11 is 0. The summed E-state index contributed by atoms with van der Waals surface area (Å²) in [5.41, 5.74) is 4.41. The van der Waals surface area contributed by atoms with Gasteiger partial charge in [0.2, 0.25) is 0 Å². The van der Waals surface area contributed by atoms with Gasteiger partial charge in [0.15, 0.2) is 0 Å². The Bertz CT molecular complexity index is 1160. The molecule has 0 amide bonds. The van der Waals surface area contributed by atoms with Gasteiger partial charge >= 0.3 is 0 Å². The topological polar surface area (TPSA) is 55.6 Å². The Kier molecular flexibility index (Phi) is 4.55. The Morgan fingerprint density at radius 3 is 2.57 bits per heavy atom. The van der Waals surface area contributed by atoms with Crippen LogP contribution in [-0.2, 0) is 7.05 Å². The molecule has 3 heterocycles. The average Bonchev–Trinajstić information content (AvgIpc) is 2.98. The molecule has 4 aromatic rings. The number of fused-ring (bicyclic) bond motifs is 1. The van der Waals surface area contributed by atoms with Crippen molar-refractivity contribution in [1.29, 1.82) is 0 Å². The molecule has 1 aromatic carbocycles. The van der Waals surface area contributed by atoms with E-state index in [4.69, 9.17) is 0 Å². The minimum absolute atomic E-state index is 0.317. The Labute approximate surface area is 163 Å². The molecule has 0 aliphatic heterocycles. The fraction of sp³-hybridized carbons (Fsp3) is 0.227. The van der Waals surface area contributed by atoms with Gasteiger partial charge in [-0.2, -0.15) is 5.10 Å². The van der Waals surface area contributed by atoms with Crippen LogP contribution < -0.4 is 5.32 Å². The third kappa shape index (κ3) is 3.33. The maximum atomic E-state index is 14.6. The van der Waals surface area contributed by atoms with E-state index in [0.717, 1.165) is 27.7 Å². The van der Waals surface area contributed by atoms with Crippen molar-refractivity contribution < 1.29 is 4.39 Å². The molecule has 5 nitrogen and oxygen atoms in total. The van der Waals surface area contributed by atoms with Gasteiger partial charge in [0.05, 0.1) is 11.7 Å². The Morgan fingerprint density at radius 1 is 1.04 bits per heavy atom. The SMILES string of the molecule is Cc1ccnc(Nc2cc(-c3ccc4nn(C)c(C(C)C)c4c3)c(F)cn2)c1. The van der Waals surface area contributed by atoms with Crippen LogP contribution in [0.15, 0.2) is 48.8 Å². The molecular weight excluding hydrogens is 353 g/mol. The van der Waals surface area contributed by atoms with Gasteiger partial charge in [-0.05, 0) is 54.3 Å². The molecule has 4 rings (SSSR count). The number of halogens is 1. The molecule has 1 N–H and O–H groups in total. The van der Waals surface area contributed by atoms with Gasteiger partial charge in [-0.1, -0.05) is 19.9 Å². The predicted molar refractivity (Wildman–Crippen MR) is 110 cm³/mol. The number of hydrogen-bond donors (Lipinski definition) is 1. The first-order valence-electron chi connectivity index (χ1n) is 9.24. The van der Waals surface area contributed by atoms with Gasteiger partial charge in [-0.15, -0.1) is 0 Å². The van der Waals surface area contributed by atoms with Gasteiger partial charge < -0.3 is 5.32 Å². The zero-order chi connectivity index (χ0) is 19.8. The highest BCUT2D eigenvalue weighted by Gasteiger charge is 2.15. The molecule has 142 valence electrons. The van der Waals surface area contributed by atoms with Gasteiger partial charge in [0.25, 0.3) is 0 Å². The first kappa shape index (κ1) is 18.1. The molecule has 0 unspecified atom stereocenters. The van der Waals surface area contributed by atoms with Gasteiger partial charge in [-0.3, -0.25) is 4.68 Å². The van der Waals surface area contributed by atoms with E-state index in [1.165, 1.54) is 6.20 Å². The average molecular weight is 375 g/mol. The first-order chi connectivity index (χ1) is 13.4. The lowest BCUT2D eigenvalue weighted by Crippen LogP contribution is -1.99. The van der Waals surface area contributed by atoms with Gasteiger partial charge in [0, 0.05) is 29.9 Å². The normalized spacial score (nSPS) is 11.4. The summed E-state index contributed by atoms with van der Waals surface area (Å²) in [5.74, 6) is 1.17. The van der Waals surface area contributed by atoms with Crippen molar-refractivity contribution in [3.8, 4) is 11.1 Å². The van der Waals surface area contributed by atoms with E-state index in [2.05, 4.69) is 34.2 Å². The molecule has 0 atom stereocenters. The third-order valence-electron chi connectivity index (χ3n) is 4.76. The number of rotatable bonds is 4. The summed E-state index contributed by atoms with van der Waals surface area (Å²) in [6.07, 6.45) is 2.97. The summed E-state index contributed by atoms with van der Waals surface area (Å²) in [6, 6.07) is 11.4. The van der Waals surface area contributed by atoms with Crippen LogP contribution in [-0.4, -0.2) is 19.7 Å². The minimum Gasteiger partial charge on any atom is -0.325 e. The van der Waals surface area contributed by atoms with E-state index in [-0.39, 0.29) is 5.82 Å². The van der Waals surface area contributed by atoms with Crippen LogP contribution in [0.1, 0.15) is 31.0 Å². The lowest BCUT2D eigenvalue weighted by atomic mass is 10.0. The van der Waals surface area contributed by atoms with E-state index in [0.29, 0.717) is 23.1 Å². The molecule has 0 radical (unpaired) electrons. The monoisotopic (exact) mass is 375 g/mol. The zero-order valence-electron chi connectivity index (χ0n) is 16.4. The fourth-order valence-electron chi connectivity index (χ4n) is 3.53. The Balaban J connectivity index is 1.77. The maximum absolute atomic E-state index is 14.6. The van der Waals surface area contributed by atoms with Crippen LogP contribution in [0.2, 0.25) is 0 Å². The quantitative estimate of drug-likeness (QED) is 0.523. The highest BCUT2D eigenvalue weighted by Crippen LogP contribution is 2.31. The predicted octanol–water partition coefficient (Wildman–Crippen LogP) is 5.34. The van der Waals surface area contributed by atoms with Crippen LogP contribution in [0.5, 0.6) is 0 Å². The summed E-state index contributed by atoms with van der Waals surface area (Å²) in [7, 11) is 1.94. The van der Waals surface area contributed by atoms with Crippen molar-refractivity contribution in [2.75, 3.05) is 5.32 Å². The van der Waals surface area contributed by atoms with Crippen molar-refractivity contribution in [3.05, 3.63) is 65.9 Å². The number of benzene rings is 1. The van der Waals surface area contributed by atoms with Crippen LogP contribution in [0, 0.1) is 12.7 Å². The zero-order valence-corrected chi connectivity index (χ0v) is 16.4. The molecule has 0 bridgehead atoms. The lowest BCUT2D eigenvalue weighted by Gasteiger charge is -2.10. The largest absolute Gasteiger partial charge is 0.325 e. The third-order valence-corrected chi connectivity index (χ3v) is 4.76. The number of anilines is 2. The second kappa shape index (κ2) is 7.03. The van der Waals surface area contributed by atoms with E-state index in [9.17, 15) is 4.39 Å². The highest BCUT2D eigenvalue weighted by molar-refractivity contribution is 5.87. The van der Waals surface area contributed by atoms with Crippen molar-refractivity contribution >= 4 is 22.5 Å². The molecule has 0 aliphatic rings.